The van der Waals surface area contributed by atoms with Gasteiger partial charge in [-0.2, -0.15) is 0 Å². The van der Waals surface area contributed by atoms with E-state index >= 15 is 0 Å². The van der Waals surface area contributed by atoms with Crippen LogP contribution in [-0.2, 0) is 0 Å². The van der Waals surface area contributed by atoms with Crippen molar-refractivity contribution in [3.05, 3.63) is 12.3 Å². The molecule has 1 spiro atoms. The molecule has 1 aliphatic carbocycles. The molecule has 1 saturated carbocycles. The van der Waals surface area contributed by atoms with E-state index in [0.717, 1.165) is 12.8 Å². The van der Waals surface area contributed by atoms with Gasteiger partial charge in [-0.1, -0.05) is 24.7 Å². The van der Waals surface area contributed by atoms with Gasteiger partial charge in [0, 0.05) is 4.86 Å². The van der Waals surface area contributed by atoms with Gasteiger partial charge in [0.1, 0.15) is 0 Å². The van der Waals surface area contributed by atoms with E-state index in [-0.39, 0.29) is 5.54 Å². The molecule has 1 N–H and O–H groups in total. The molecule has 1 nitrogen and oxygen atoms in total. The van der Waals surface area contributed by atoms with Gasteiger partial charge in [0.05, 0.1) is 5.54 Å². The first kappa shape index (κ1) is 7.29. The lowest BCUT2D eigenvalue weighted by atomic mass is 9.80. The summed E-state index contributed by atoms with van der Waals surface area (Å²) in [7, 11) is 0. The van der Waals surface area contributed by atoms with Gasteiger partial charge >= 0.3 is 0 Å². The maximum absolute atomic E-state index is 5.38. The predicted octanol–water partition coefficient (Wildman–Crippen LogP) is 2.18. The van der Waals surface area contributed by atoms with Crippen LogP contribution in [0.5, 0.6) is 0 Å². The minimum atomic E-state index is 0.202. The second-order valence-corrected chi connectivity index (χ2v) is 3.96. The van der Waals surface area contributed by atoms with Crippen LogP contribution in [0.4, 0.5) is 0 Å². The Labute approximate surface area is 72.9 Å². The molecule has 1 fully saturated rings. The van der Waals surface area contributed by atoms with Gasteiger partial charge in [-0.25, -0.2) is 0 Å². The highest BCUT2D eigenvalue weighted by Crippen LogP contribution is 2.31. The largest absolute Gasteiger partial charge is 0.381 e. The first-order chi connectivity index (χ1) is 5.33. The molecule has 60 valence electrons. The summed E-state index contributed by atoms with van der Waals surface area (Å²) in [6.45, 7) is 0. The van der Waals surface area contributed by atoms with E-state index in [0.29, 0.717) is 0 Å². The first-order valence-electron chi connectivity index (χ1n) is 4.30. The number of thiocarbonyl (C=S) groups is 1. The maximum Gasteiger partial charge on any atom is 0.0717 e. The maximum atomic E-state index is 5.38. The van der Waals surface area contributed by atoms with Gasteiger partial charge in [0.25, 0.3) is 0 Å². The molecule has 1 heterocycles. The summed E-state index contributed by atoms with van der Waals surface area (Å²) >= 11 is 5.38. The lowest BCUT2D eigenvalue weighted by Gasteiger charge is -2.34. The summed E-state index contributed by atoms with van der Waals surface area (Å²) < 4.78 is 0. The predicted molar refractivity (Wildman–Crippen MR) is 50.7 cm³/mol. The van der Waals surface area contributed by atoms with Gasteiger partial charge < -0.3 is 5.32 Å². The highest BCUT2D eigenvalue weighted by molar-refractivity contribution is 7.80. The Kier molecular flexibility index (Phi) is 1.72. The van der Waals surface area contributed by atoms with E-state index in [1.807, 2.05) is 0 Å². The van der Waals surface area contributed by atoms with Gasteiger partial charge in [-0.3, -0.25) is 0 Å². The second-order valence-electron chi connectivity index (χ2n) is 3.46. The third-order valence-electron chi connectivity index (χ3n) is 2.73. The van der Waals surface area contributed by atoms with Gasteiger partial charge in [0.2, 0.25) is 0 Å². The van der Waals surface area contributed by atoms with Crippen LogP contribution in [0, 0.1) is 0 Å². The number of nitrogens with one attached hydrogen (secondary N) is 1. The van der Waals surface area contributed by atoms with Crippen LogP contribution < -0.4 is 5.32 Å². The molecular formula is C9H13NS. The topological polar surface area (TPSA) is 12.0 Å². The Hall–Kier alpha value is -0.370. The zero-order valence-corrected chi connectivity index (χ0v) is 7.41. The zero-order chi connectivity index (χ0) is 7.73. The van der Waals surface area contributed by atoms with Crippen LogP contribution in [0.3, 0.4) is 0 Å². The van der Waals surface area contributed by atoms with Crippen LogP contribution in [0.15, 0.2) is 12.3 Å². The summed E-state index contributed by atoms with van der Waals surface area (Å²) in [6, 6.07) is 0. The van der Waals surface area contributed by atoms with Gasteiger partial charge in [0.15, 0.2) is 0 Å². The van der Waals surface area contributed by atoms with Crippen LogP contribution in [0.2, 0.25) is 0 Å². The van der Waals surface area contributed by atoms with E-state index in [9.17, 15) is 0 Å². The highest BCUT2D eigenvalue weighted by Gasteiger charge is 2.36. The average Bonchev–Trinajstić information content (AvgIpc) is 2.46. The average molecular weight is 167 g/mol. The van der Waals surface area contributed by atoms with Crippen LogP contribution in [-0.4, -0.2) is 10.4 Å². The van der Waals surface area contributed by atoms with E-state index in [4.69, 9.17) is 12.2 Å². The minimum Gasteiger partial charge on any atom is -0.381 e. The SMILES string of the molecule is S=C1CCCCC12CC=CN2. The van der Waals surface area contributed by atoms with Crippen molar-refractivity contribution in [3.8, 4) is 0 Å². The normalized spacial score (nSPS) is 36.2. The summed E-state index contributed by atoms with van der Waals surface area (Å²) in [5.74, 6) is 0. The van der Waals surface area contributed by atoms with Crippen molar-refractivity contribution in [2.24, 2.45) is 0 Å². The molecule has 1 unspecified atom stereocenters. The Bertz CT molecular complexity index is 200. The summed E-state index contributed by atoms with van der Waals surface area (Å²) in [6.07, 6.45) is 10.4. The Morgan fingerprint density at radius 3 is 3.00 bits per heavy atom. The fourth-order valence-electron chi connectivity index (χ4n) is 2.00. The van der Waals surface area contributed by atoms with Crippen molar-refractivity contribution in [2.75, 3.05) is 0 Å². The van der Waals surface area contributed by atoms with E-state index < -0.39 is 0 Å². The van der Waals surface area contributed by atoms with Crippen molar-refractivity contribution < 1.29 is 0 Å². The highest BCUT2D eigenvalue weighted by atomic mass is 32.1. The monoisotopic (exact) mass is 167 g/mol. The van der Waals surface area contributed by atoms with Crippen LogP contribution in [0.1, 0.15) is 32.1 Å². The van der Waals surface area contributed by atoms with Crippen molar-refractivity contribution >= 4 is 17.1 Å². The fourth-order valence-corrected chi connectivity index (χ4v) is 2.39. The molecule has 0 radical (unpaired) electrons. The molecule has 0 aromatic heterocycles. The second kappa shape index (κ2) is 2.59. The summed E-state index contributed by atoms with van der Waals surface area (Å²) in [4.78, 5) is 1.24. The molecule has 2 aliphatic rings. The van der Waals surface area contributed by atoms with Crippen LogP contribution in [0.25, 0.3) is 0 Å². The Morgan fingerprint density at radius 2 is 2.36 bits per heavy atom. The van der Waals surface area contributed by atoms with Gasteiger partial charge in [-0.05, 0) is 31.9 Å². The van der Waals surface area contributed by atoms with E-state index in [1.54, 1.807) is 0 Å². The molecule has 1 aliphatic heterocycles. The first-order valence-corrected chi connectivity index (χ1v) is 4.70. The fraction of sp³-hybridized carbons (Fsp3) is 0.667. The standard InChI is InChI=1S/C9H13NS/c11-8-4-1-2-5-9(8)6-3-7-10-9/h3,7,10H,1-2,4-6H2. The quantitative estimate of drug-likeness (QED) is 0.555. The van der Waals surface area contributed by atoms with E-state index in [1.165, 1.54) is 24.1 Å². The van der Waals surface area contributed by atoms with Crippen molar-refractivity contribution in [1.29, 1.82) is 0 Å². The number of hydrogen-bond acceptors (Lipinski definition) is 2. The Balaban J connectivity index is 2.15. The van der Waals surface area contributed by atoms with E-state index in [2.05, 4.69) is 17.6 Å². The molecule has 0 saturated heterocycles. The molecule has 0 bridgehead atoms. The smallest absolute Gasteiger partial charge is 0.0717 e. The zero-order valence-electron chi connectivity index (χ0n) is 6.60. The third-order valence-corrected chi connectivity index (χ3v) is 3.33. The Morgan fingerprint density at radius 1 is 1.45 bits per heavy atom. The molecule has 2 rings (SSSR count). The number of hydrogen-bond donors (Lipinski definition) is 1. The van der Waals surface area contributed by atoms with Crippen molar-refractivity contribution in [1.82, 2.24) is 5.32 Å². The van der Waals surface area contributed by atoms with Crippen molar-refractivity contribution in [3.63, 3.8) is 0 Å². The lowest BCUT2D eigenvalue weighted by molar-refractivity contribution is 0.430. The number of rotatable bonds is 0. The van der Waals surface area contributed by atoms with Gasteiger partial charge in [-0.15, -0.1) is 0 Å². The molecule has 1 atom stereocenters. The molecule has 0 aromatic rings. The minimum absolute atomic E-state index is 0.202. The summed E-state index contributed by atoms with van der Waals surface area (Å²) in [5, 5.41) is 3.40. The molecule has 11 heavy (non-hydrogen) atoms. The molecular weight excluding hydrogens is 154 g/mol. The third kappa shape index (κ3) is 1.09. The summed E-state index contributed by atoms with van der Waals surface area (Å²) in [5.41, 5.74) is 0.202. The van der Waals surface area contributed by atoms with Crippen molar-refractivity contribution in [2.45, 2.75) is 37.6 Å². The molecule has 0 aromatic carbocycles. The lowest BCUT2D eigenvalue weighted by Crippen LogP contribution is -2.47. The molecule has 0 amide bonds. The molecule has 2 heteroatoms. The van der Waals surface area contributed by atoms with Crippen LogP contribution >= 0.6 is 12.2 Å².